The molecule has 0 bridgehead atoms. The van der Waals surface area contributed by atoms with Crippen LogP contribution in [0.25, 0.3) is 0 Å². The lowest BCUT2D eigenvalue weighted by atomic mass is 10.1. The van der Waals surface area contributed by atoms with E-state index in [-0.39, 0.29) is 12.0 Å². The van der Waals surface area contributed by atoms with E-state index < -0.39 is 0 Å². The van der Waals surface area contributed by atoms with Gasteiger partial charge >= 0.3 is 0 Å². The number of unbranched alkanes of at least 4 members (excludes halogenated alkanes) is 4. The van der Waals surface area contributed by atoms with Crippen molar-refractivity contribution in [2.24, 2.45) is 5.73 Å². The summed E-state index contributed by atoms with van der Waals surface area (Å²) in [5.41, 5.74) is 8.06. The van der Waals surface area contributed by atoms with Gasteiger partial charge in [-0.05, 0) is 32.2 Å². The SMILES string of the molecule is NCCCCCCCC(=O)NOC1CCCCCC1. The molecule has 112 valence electrons. The van der Waals surface area contributed by atoms with Crippen LogP contribution in [0.3, 0.4) is 0 Å². The Bertz CT molecular complexity index is 226. The van der Waals surface area contributed by atoms with Crippen molar-refractivity contribution in [2.45, 2.75) is 83.2 Å². The third kappa shape index (κ3) is 9.00. The zero-order valence-corrected chi connectivity index (χ0v) is 12.2. The van der Waals surface area contributed by atoms with E-state index in [4.69, 9.17) is 10.6 Å². The highest BCUT2D eigenvalue weighted by Crippen LogP contribution is 2.19. The monoisotopic (exact) mass is 270 g/mol. The first-order valence-electron chi connectivity index (χ1n) is 7.97. The van der Waals surface area contributed by atoms with Crippen molar-refractivity contribution in [1.29, 1.82) is 0 Å². The van der Waals surface area contributed by atoms with Crippen LogP contribution in [-0.2, 0) is 9.63 Å². The summed E-state index contributed by atoms with van der Waals surface area (Å²) in [5, 5.41) is 0. The zero-order valence-electron chi connectivity index (χ0n) is 12.2. The summed E-state index contributed by atoms with van der Waals surface area (Å²) in [5.74, 6) is 0.0306. The van der Waals surface area contributed by atoms with Crippen LogP contribution < -0.4 is 11.2 Å². The van der Waals surface area contributed by atoms with Gasteiger partial charge in [-0.15, -0.1) is 0 Å². The Labute approximate surface area is 117 Å². The van der Waals surface area contributed by atoms with Gasteiger partial charge in [-0.2, -0.15) is 0 Å². The largest absolute Gasteiger partial charge is 0.330 e. The molecule has 1 aliphatic carbocycles. The molecule has 0 heterocycles. The number of hydrogen-bond acceptors (Lipinski definition) is 3. The lowest BCUT2D eigenvalue weighted by Gasteiger charge is -2.15. The van der Waals surface area contributed by atoms with Gasteiger partial charge in [0, 0.05) is 6.42 Å². The van der Waals surface area contributed by atoms with Gasteiger partial charge in [-0.1, -0.05) is 44.9 Å². The minimum absolute atomic E-state index is 0.0306. The van der Waals surface area contributed by atoms with Crippen molar-refractivity contribution in [2.75, 3.05) is 6.54 Å². The number of carbonyl (C=O) groups excluding carboxylic acids is 1. The fourth-order valence-electron chi connectivity index (χ4n) is 2.52. The summed E-state index contributed by atoms with van der Waals surface area (Å²) in [6.45, 7) is 0.774. The molecule has 1 fully saturated rings. The number of amides is 1. The first-order valence-corrected chi connectivity index (χ1v) is 7.97. The van der Waals surface area contributed by atoms with Crippen molar-refractivity contribution in [3.05, 3.63) is 0 Å². The van der Waals surface area contributed by atoms with Crippen molar-refractivity contribution in [3.63, 3.8) is 0 Å². The average Bonchev–Trinajstić information content (AvgIpc) is 2.69. The van der Waals surface area contributed by atoms with E-state index in [0.717, 1.165) is 38.6 Å². The number of rotatable bonds is 9. The molecule has 1 aliphatic rings. The molecule has 19 heavy (non-hydrogen) atoms. The lowest BCUT2D eigenvalue weighted by molar-refractivity contribution is -0.139. The standard InChI is InChI=1S/C15H30N2O2/c16-13-9-5-1-2-8-12-15(18)17-19-14-10-6-3-4-7-11-14/h14H,1-13,16H2,(H,17,18). The maximum Gasteiger partial charge on any atom is 0.243 e. The molecule has 0 aromatic heterocycles. The van der Waals surface area contributed by atoms with Gasteiger partial charge in [0.1, 0.15) is 0 Å². The molecule has 0 unspecified atom stereocenters. The molecule has 0 aliphatic heterocycles. The molecule has 0 aromatic carbocycles. The third-order valence-electron chi connectivity index (χ3n) is 3.75. The minimum Gasteiger partial charge on any atom is -0.330 e. The lowest BCUT2D eigenvalue weighted by Crippen LogP contribution is -2.29. The number of nitrogens with two attached hydrogens (primary N) is 1. The molecule has 4 heteroatoms. The van der Waals surface area contributed by atoms with Crippen LogP contribution >= 0.6 is 0 Å². The molecular weight excluding hydrogens is 240 g/mol. The Kier molecular flexibility index (Phi) is 9.72. The number of carbonyl (C=O) groups is 1. The Balaban J connectivity index is 1.95. The molecular formula is C15H30N2O2. The quantitative estimate of drug-likeness (QED) is 0.384. The molecule has 0 atom stereocenters. The summed E-state index contributed by atoms with van der Waals surface area (Å²) in [6, 6.07) is 0. The first kappa shape index (κ1) is 16.4. The molecule has 0 saturated heterocycles. The van der Waals surface area contributed by atoms with Crippen LogP contribution in [0.2, 0.25) is 0 Å². The van der Waals surface area contributed by atoms with E-state index in [1.165, 1.54) is 38.5 Å². The average molecular weight is 270 g/mol. The first-order chi connectivity index (χ1) is 9.33. The molecule has 3 N–H and O–H groups in total. The van der Waals surface area contributed by atoms with Crippen LogP contribution in [0.15, 0.2) is 0 Å². The Morgan fingerprint density at radius 2 is 1.63 bits per heavy atom. The second kappa shape index (κ2) is 11.2. The highest BCUT2D eigenvalue weighted by Gasteiger charge is 2.13. The van der Waals surface area contributed by atoms with E-state index in [9.17, 15) is 4.79 Å². The molecule has 4 nitrogen and oxygen atoms in total. The highest BCUT2D eigenvalue weighted by molar-refractivity contribution is 5.74. The molecule has 1 amide bonds. The molecule has 0 radical (unpaired) electrons. The van der Waals surface area contributed by atoms with Gasteiger partial charge in [-0.3, -0.25) is 9.63 Å². The number of hydrogen-bond donors (Lipinski definition) is 2. The summed E-state index contributed by atoms with van der Waals surface area (Å²) in [6.07, 6.45) is 13.5. The molecule has 1 saturated carbocycles. The second-order valence-corrected chi connectivity index (χ2v) is 5.56. The van der Waals surface area contributed by atoms with Crippen LogP contribution in [0.4, 0.5) is 0 Å². The summed E-state index contributed by atoms with van der Waals surface area (Å²) in [7, 11) is 0. The van der Waals surface area contributed by atoms with Crippen molar-refractivity contribution >= 4 is 5.91 Å². The smallest absolute Gasteiger partial charge is 0.243 e. The van der Waals surface area contributed by atoms with Crippen LogP contribution in [0.1, 0.15) is 77.0 Å². The maximum absolute atomic E-state index is 11.6. The van der Waals surface area contributed by atoms with Crippen LogP contribution in [0, 0.1) is 0 Å². The summed E-state index contributed by atoms with van der Waals surface area (Å²) >= 11 is 0. The normalized spacial score (nSPS) is 17.1. The summed E-state index contributed by atoms with van der Waals surface area (Å²) < 4.78 is 0. The van der Waals surface area contributed by atoms with Crippen LogP contribution in [-0.4, -0.2) is 18.6 Å². The third-order valence-corrected chi connectivity index (χ3v) is 3.75. The number of hydroxylamine groups is 1. The van der Waals surface area contributed by atoms with Crippen molar-refractivity contribution in [3.8, 4) is 0 Å². The van der Waals surface area contributed by atoms with E-state index in [1.807, 2.05) is 0 Å². The van der Waals surface area contributed by atoms with Gasteiger partial charge in [-0.25, -0.2) is 5.48 Å². The predicted octanol–water partition coefficient (Wildman–Crippen LogP) is 3.06. The van der Waals surface area contributed by atoms with Crippen LogP contribution in [0.5, 0.6) is 0 Å². The molecule has 1 rings (SSSR count). The van der Waals surface area contributed by atoms with Crippen molar-refractivity contribution < 1.29 is 9.63 Å². The highest BCUT2D eigenvalue weighted by atomic mass is 16.7. The maximum atomic E-state index is 11.6. The van der Waals surface area contributed by atoms with Gasteiger partial charge in [0.2, 0.25) is 5.91 Å². The topological polar surface area (TPSA) is 64.4 Å². The number of nitrogens with one attached hydrogen (secondary N) is 1. The fourth-order valence-corrected chi connectivity index (χ4v) is 2.52. The van der Waals surface area contributed by atoms with Gasteiger partial charge < -0.3 is 5.73 Å². The second-order valence-electron chi connectivity index (χ2n) is 5.56. The van der Waals surface area contributed by atoms with Crippen molar-refractivity contribution in [1.82, 2.24) is 5.48 Å². The van der Waals surface area contributed by atoms with Gasteiger partial charge in [0.15, 0.2) is 0 Å². The summed E-state index contributed by atoms with van der Waals surface area (Å²) in [4.78, 5) is 17.1. The van der Waals surface area contributed by atoms with E-state index in [1.54, 1.807) is 0 Å². The van der Waals surface area contributed by atoms with E-state index in [2.05, 4.69) is 5.48 Å². The Morgan fingerprint density at radius 1 is 1.00 bits per heavy atom. The van der Waals surface area contributed by atoms with E-state index >= 15 is 0 Å². The fraction of sp³-hybridized carbons (Fsp3) is 0.933. The van der Waals surface area contributed by atoms with Gasteiger partial charge in [0.25, 0.3) is 0 Å². The molecule has 0 aromatic rings. The minimum atomic E-state index is 0.0306. The zero-order chi connectivity index (χ0) is 13.8. The molecule has 0 spiro atoms. The Morgan fingerprint density at radius 3 is 2.32 bits per heavy atom. The predicted molar refractivity (Wildman–Crippen MR) is 77.5 cm³/mol. The Hall–Kier alpha value is -0.610. The van der Waals surface area contributed by atoms with E-state index in [0.29, 0.717) is 6.42 Å². The van der Waals surface area contributed by atoms with Gasteiger partial charge in [0.05, 0.1) is 6.10 Å².